The lowest BCUT2D eigenvalue weighted by Crippen LogP contribution is -2.21. The molecule has 106 valence electrons. The SMILES string of the molecule is Fc1cc(-c2nc(C3CCCCCN3)no2)ccc1Br. The molecule has 2 heterocycles. The number of rotatable bonds is 2. The maximum Gasteiger partial charge on any atom is 0.258 e. The van der Waals surface area contributed by atoms with Crippen molar-refractivity contribution in [3.8, 4) is 11.5 Å². The number of hydrogen-bond donors (Lipinski definition) is 1. The normalized spacial score (nSPS) is 19.8. The third kappa shape index (κ3) is 2.91. The van der Waals surface area contributed by atoms with Crippen LogP contribution in [0.15, 0.2) is 27.2 Å². The molecule has 20 heavy (non-hydrogen) atoms. The Morgan fingerprint density at radius 3 is 3.05 bits per heavy atom. The van der Waals surface area contributed by atoms with E-state index in [0.717, 1.165) is 19.4 Å². The number of aromatic nitrogens is 2. The second-order valence-corrected chi connectivity index (χ2v) is 5.80. The van der Waals surface area contributed by atoms with Crippen molar-refractivity contribution in [2.75, 3.05) is 6.54 Å². The van der Waals surface area contributed by atoms with Crippen LogP contribution in [0.4, 0.5) is 4.39 Å². The van der Waals surface area contributed by atoms with Crippen molar-refractivity contribution >= 4 is 15.9 Å². The molecule has 0 spiro atoms. The average molecular weight is 340 g/mol. The highest BCUT2D eigenvalue weighted by molar-refractivity contribution is 9.10. The van der Waals surface area contributed by atoms with Crippen molar-refractivity contribution in [2.45, 2.75) is 31.7 Å². The molecule has 1 aromatic heterocycles. The van der Waals surface area contributed by atoms with Crippen molar-refractivity contribution in [1.29, 1.82) is 0 Å². The summed E-state index contributed by atoms with van der Waals surface area (Å²) in [6.07, 6.45) is 4.58. The summed E-state index contributed by atoms with van der Waals surface area (Å²) in [5.74, 6) is 0.678. The summed E-state index contributed by atoms with van der Waals surface area (Å²) >= 11 is 3.13. The van der Waals surface area contributed by atoms with Gasteiger partial charge >= 0.3 is 0 Å². The van der Waals surface area contributed by atoms with Gasteiger partial charge in [0.1, 0.15) is 5.82 Å². The van der Waals surface area contributed by atoms with Crippen LogP contribution in [-0.4, -0.2) is 16.7 Å². The highest BCUT2D eigenvalue weighted by Crippen LogP contribution is 2.26. The molecule has 1 unspecified atom stereocenters. The fourth-order valence-electron chi connectivity index (χ4n) is 2.37. The molecule has 1 atom stereocenters. The molecule has 2 aromatic rings. The fourth-order valence-corrected chi connectivity index (χ4v) is 2.62. The topological polar surface area (TPSA) is 51.0 Å². The molecule has 1 fully saturated rings. The Balaban J connectivity index is 1.83. The van der Waals surface area contributed by atoms with E-state index in [4.69, 9.17) is 4.52 Å². The smallest absolute Gasteiger partial charge is 0.258 e. The monoisotopic (exact) mass is 339 g/mol. The zero-order chi connectivity index (χ0) is 13.9. The van der Waals surface area contributed by atoms with E-state index in [1.807, 2.05) is 0 Å². The van der Waals surface area contributed by atoms with Gasteiger partial charge in [-0.2, -0.15) is 4.98 Å². The van der Waals surface area contributed by atoms with Gasteiger partial charge in [0.2, 0.25) is 0 Å². The Kier molecular flexibility index (Phi) is 4.12. The summed E-state index contributed by atoms with van der Waals surface area (Å²) in [6, 6.07) is 4.92. The van der Waals surface area contributed by atoms with Crippen LogP contribution in [0.25, 0.3) is 11.5 Å². The van der Waals surface area contributed by atoms with Crippen molar-refractivity contribution in [2.24, 2.45) is 0 Å². The van der Waals surface area contributed by atoms with Crippen LogP contribution in [0, 0.1) is 5.82 Å². The first-order valence-electron chi connectivity index (χ1n) is 6.76. The summed E-state index contributed by atoms with van der Waals surface area (Å²) in [7, 11) is 0. The van der Waals surface area contributed by atoms with Gasteiger partial charge in [0.25, 0.3) is 5.89 Å². The minimum Gasteiger partial charge on any atom is -0.334 e. The Bertz CT molecular complexity index is 594. The molecule has 1 aromatic carbocycles. The largest absolute Gasteiger partial charge is 0.334 e. The second-order valence-electron chi connectivity index (χ2n) is 4.94. The third-order valence-electron chi connectivity index (χ3n) is 3.48. The fraction of sp³-hybridized carbons (Fsp3) is 0.429. The first-order chi connectivity index (χ1) is 9.74. The van der Waals surface area contributed by atoms with Gasteiger partial charge in [-0.15, -0.1) is 0 Å². The van der Waals surface area contributed by atoms with E-state index in [0.29, 0.717) is 21.8 Å². The molecular formula is C14H15BrFN3O. The zero-order valence-corrected chi connectivity index (χ0v) is 12.5. The van der Waals surface area contributed by atoms with Crippen LogP contribution < -0.4 is 5.32 Å². The molecule has 1 aliphatic heterocycles. The van der Waals surface area contributed by atoms with Gasteiger partial charge in [0.05, 0.1) is 10.5 Å². The van der Waals surface area contributed by atoms with Gasteiger partial charge in [-0.05, 0) is 53.5 Å². The predicted molar refractivity (Wildman–Crippen MR) is 76.6 cm³/mol. The van der Waals surface area contributed by atoms with Gasteiger partial charge in [-0.3, -0.25) is 0 Å². The molecule has 4 nitrogen and oxygen atoms in total. The molecule has 1 saturated heterocycles. The van der Waals surface area contributed by atoms with Gasteiger partial charge in [-0.25, -0.2) is 4.39 Å². The van der Waals surface area contributed by atoms with E-state index >= 15 is 0 Å². The van der Waals surface area contributed by atoms with Crippen molar-refractivity contribution < 1.29 is 8.91 Å². The van der Waals surface area contributed by atoms with Crippen LogP contribution >= 0.6 is 15.9 Å². The maximum atomic E-state index is 13.5. The minimum absolute atomic E-state index is 0.135. The predicted octanol–water partition coefficient (Wildman–Crippen LogP) is 3.84. The summed E-state index contributed by atoms with van der Waals surface area (Å²) in [6.45, 7) is 0.974. The second kappa shape index (κ2) is 6.01. The number of nitrogens with zero attached hydrogens (tertiary/aromatic N) is 2. The highest BCUT2D eigenvalue weighted by atomic mass is 79.9. The van der Waals surface area contributed by atoms with Crippen molar-refractivity contribution in [3.05, 3.63) is 34.3 Å². The maximum absolute atomic E-state index is 13.5. The van der Waals surface area contributed by atoms with Crippen LogP contribution in [0.5, 0.6) is 0 Å². The van der Waals surface area contributed by atoms with Crippen LogP contribution in [0.1, 0.15) is 37.5 Å². The van der Waals surface area contributed by atoms with E-state index in [1.165, 1.54) is 18.9 Å². The number of halogens is 2. The van der Waals surface area contributed by atoms with Crippen LogP contribution in [-0.2, 0) is 0 Å². The lowest BCUT2D eigenvalue weighted by molar-refractivity contribution is 0.402. The van der Waals surface area contributed by atoms with E-state index in [1.54, 1.807) is 12.1 Å². The van der Waals surface area contributed by atoms with Crippen molar-refractivity contribution in [3.63, 3.8) is 0 Å². The number of hydrogen-bond acceptors (Lipinski definition) is 4. The van der Waals surface area contributed by atoms with Crippen molar-refractivity contribution in [1.82, 2.24) is 15.5 Å². The summed E-state index contributed by atoms with van der Waals surface area (Å²) in [4.78, 5) is 4.39. The summed E-state index contributed by atoms with van der Waals surface area (Å²) in [5, 5.41) is 7.44. The zero-order valence-electron chi connectivity index (χ0n) is 10.9. The van der Waals surface area contributed by atoms with Gasteiger partial charge < -0.3 is 9.84 Å². The van der Waals surface area contributed by atoms with Gasteiger partial charge in [0, 0.05) is 5.56 Å². The first-order valence-corrected chi connectivity index (χ1v) is 7.56. The molecular weight excluding hydrogens is 325 g/mol. The molecule has 6 heteroatoms. The van der Waals surface area contributed by atoms with Crippen LogP contribution in [0.3, 0.4) is 0 Å². The summed E-state index contributed by atoms with van der Waals surface area (Å²) in [5.41, 5.74) is 0.595. The molecule has 1 aliphatic rings. The number of benzene rings is 1. The quantitative estimate of drug-likeness (QED) is 0.902. The lowest BCUT2D eigenvalue weighted by Gasteiger charge is -2.09. The minimum atomic E-state index is -0.338. The number of nitrogens with one attached hydrogen (secondary N) is 1. The standard InChI is InChI=1S/C14H15BrFN3O/c15-10-6-5-9(8-11(10)16)14-18-13(19-20-14)12-4-2-1-3-7-17-12/h5-6,8,12,17H,1-4,7H2. The molecule has 3 rings (SSSR count). The van der Waals surface area contributed by atoms with E-state index < -0.39 is 0 Å². The van der Waals surface area contributed by atoms with E-state index in [2.05, 4.69) is 31.4 Å². The Morgan fingerprint density at radius 1 is 1.30 bits per heavy atom. The third-order valence-corrected chi connectivity index (χ3v) is 4.12. The molecule has 0 aliphatic carbocycles. The Morgan fingerprint density at radius 2 is 2.20 bits per heavy atom. The van der Waals surface area contributed by atoms with Crippen LogP contribution in [0.2, 0.25) is 0 Å². The molecule has 1 N–H and O–H groups in total. The Labute approximate surface area is 124 Å². The van der Waals surface area contributed by atoms with Gasteiger partial charge in [-0.1, -0.05) is 18.0 Å². The average Bonchev–Trinajstić information content (AvgIpc) is 2.78. The first kappa shape index (κ1) is 13.7. The van der Waals surface area contributed by atoms with E-state index in [-0.39, 0.29) is 11.9 Å². The van der Waals surface area contributed by atoms with E-state index in [9.17, 15) is 4.39 Å². The van der Waals surface area contributed by atoms with Gasteiger partial charge in [0.15, 0.2) is 5.82 Å². The highest BCUT2D eigenvalue weighted by Gasteiger charge is 2.20. The molecule has 0 bridgehead atoms. The molecule has 0 radical (unpaired) electrons. The molecule has 0 amide bonds. The summed E-state index contributed by atoms with van der Waals surface area (Å²) < 4.78 is 19.2. The Hall–Kier alpha value is -1.27. The lowest BCUT2D eigenvalue weighted by atomic mass is 10.1. The molecule has 0 saturated carbocycles.